The van der Waals surface area contributed by atoms with E-state index >= 15 is 0 Å². The third kappa shape index (κ3) is 5.32. The molecule has 1 heterocycles. The van der Waals surface area contributed by atoms with E-state index in [-0.39, 0.29) is 24.0 Å². The van der Waals surface area contributed by atoms with E-state index in [9.17, 15) is 0 Å². The fraction of sp³-hybridized carbons (Fsp3) is 0.200. The summed E-state index contributed by atoms with van der Waals surface area (Å²) in [6, 6.07) is 18.2. The van der Waals surface area contributed by atoms with Crippen LogP contribution >= 0.6 is 24.0 Å². The average Bonchev–Trinajstić information content (AvgIpc) is 3.15. The number of nitrogens with one attached hydrogen (secondary N) is 1. The molecule has 26 heavy (non-hydrogen) atoms. The Morgan fingerprint density at radius 3 is 2.69 bits per heavy atom. The number of guanidine groups is 1. The molecule has 0 amide bonds. The zero-order valence-corrected chi connectivity index (χ0v) is 17.3. The Morgan fingerprint density at radius 2 is 1.96 bits per heavy atom. The van der Waals surface area contributed by atoms with Crippen molar-refractivity contribution < 1.29 is 0 Å². The topological polar surface area (TPSA) is 68.2 Å². The number of nitrogens with two attached hydrogens (primary N) is 1. The first-order valence-electron chi connectivity index (χ1n) is 8.37. The summed E-state index contributed by atoms with van der Waals surface area (Å²) in [5.41, 5.74) is 10.3. The molecule has 0 saturated heterocycles. The van der Waals surface area contributed by atoms with Crippen LogP contribution in [0.5, 0.6) is 0 Å². The molecule has 2 aromatic carbocycles. The number of benzene rings is 2. The van der Waals surface area contributed by atoms with Crippen LogP contribution < -0.4 is 11.1 Å². The van der Waals surface area contributed by atoms with Gasteiger partial charge >= 0.3 is 0 Å². The van der Waals surface area contributed by atoms with Crippen molar-refractivity contribution in [3.05, 3.63) is 78.1 Å². The monoisotopic (exact) mass is 461 g/mol. The van der Waals surface area contributed by atoms with Crippen molar-refractivity contribution in [2.45, 2.75) is 26.3 Å². The lowest BCUT2D eigenvalue weighted by molar-refractivity contribution is 0.867. The maximum absolute atomic E-state index is 6.03. The Hall–Kier alpha value is -2.35. The van der Waals surface area contributed by atoms with Gasteiger partial charge in [0.1, 0.15) is 0 Å². The number of aliphatic imine (C=N–C) groups is 1. The van der Waals surface area contributed by atoms with Gasteiger partial charge in [-0.1, -0.05) is 38.1 Å². The molecule has 0 unspecified atom stereocenters. The molecule has 0 aliphatic heterocycles. The van der Waals surface area contributed by atoms with Gasteiger partial charge in [-0.3, -0.25) is 0 Å². The number of aromatic nitrogens is 2. The van der Waals surface area contributed by atoms with Gasteiger partial charge in [0.25, 0.3) is 0 Å². The van der Waals surface area contributed by atoms with Gasteiger partial charge in [0.2, 0.25) is 0 Å². The molecule has 0 bridgehead atoms. The molecule has 6 heteroatoms. The zero-order chi connectivity index (χ0) is 17.6. The average molecular weight is 461 g/mol. The second kappa shape index (κ2) is 9.38. The van der Waals surface area contributed by atoms with Crippen LogP contribution in [0, 0.1) is 0 Å². The van der Waals surface area contributed by atoms with Crippen LogP contribution in [-0.4, -0.2) is 15.7 Å². The molecule has 1 aromatic heterocycles. The molecule has 0 fully saturated rings. The predicted molar refractivity (Wildman–Crippen MR) is 118 cm³/mol. The number of nitrogens with zero attached hydrogens (tertiary/aromatic N) is 3. The summed E-state index contributed by atoms with van der Waals surface area (Å²) in [7, 11) is 0. The van der Waals surface area contributed by atoms with E-state index in [0.717, 1.165) is 16.9 Å². The van der Waals surface area contributed by atoms with Crippen molar-refractivity contribution in [3.63, 3.8) is 0 Å². The summed E-state index contributed by atoms with van der Waals surface area (Å²) in [6.45, 7) is 4.85. The highest BCUT2D eigenvalue weighted by Gasteiger charge is 2.02. The van der Waals surface area contributed by atoms with Gasteiger partial charge in [0.05, 0.1) is 12.2 Å². The van der Waals surface area contributed by atoms with Gasteiger partial charge in [-0.25, -0.2) is 9.67 Å². The highest BCUT2D eigenvalue weighted by atomic mass is 127. The zero-order valence-electron chi connectivity index (χ0n) is 15.0. The second-order valence-corrected chi connectivity index (χ2v) is 6.23. The third-order valence-electron chi connectivity index (χ3n) is 3.94. The number of hydrogen-bond donors (Lipinski definition) is 2. The molecule has 5 nitrogen and oxygen atoms in total. The second-order valence-electron chi connectivity index (χ2n) is 6.23. The van der Waals surface area contributed by atoms with Gasteiger partial charge in [-0.2, -0.15) is 5.10 Å². The van der Waals surface area contributed by atoms with E-state index in [1.54, 1.807) is 6.20 Å². The normalized spacial score (nSPS) is 11.3. The Labute approximate surface area is 171 Å². The molecule has 136 valence electrons. The van der Waals surface area contributed by atoms with Crippen molar-refractivity contribution in [1.29, 1.82) is 0 Å². The van der Waals surface area contributed by atoms with Crippen LogP contribution in [0.4, 0.5) is 5.69 Å². The van der Waals surface area contributed by atoms with Crippen molar-refractivity contribution >= 4 is 35.6 Å². The van der Waals surface area contributed by atoms with Crippen LogP contribution in [0.2, 0.25) is 0 Å². The van der Waals surface area contributed by atoms with E-state index in [1.165, 1.54) is 5.56 Å². The largest absolute Gasteiger partial charge is 0.370 e. The lowest BCUT2D eigenvalue weighted by Crippen LogP contribution is -2.22. The summed E-state index contributed by atoms with van der Waals surface area (Å²) in [5.74, 6) is 0.885. The summed E-state index contributed by atoms with van der Waals surface area (Å²) < 4.78 is 1.83. The number of anilines is 1. The fourth-order valence-electron chi connectivity index (χ4n) is 2.56. The van der Waals surface area contributed by atoms with Gasteiger partial charge in [0, 0.05) is 18.1 Å². The van der Waals surface area contributed by atoms with Crippen molar-refractivity contribution in [2.24, 2.45) is 10.7 Å². The molecule has 3 rings (SSSR count). The number of halogens is 1. The van der Waals surface area contributed by atoms with Crippen LogP contribution in [0.1, 0.15) is 30.9 Å². The van der Waals surface area contributed by atoms with E-state index < -0.39 is 0 Å². The highest BCUT2D eigenvalue weighted by molar-refractivity contribution is 14.0. The molecule has 0 aliphatic carbocycles. The molecule has 0 saturated carbocycles. The Balaban J connectivity index is 0.00000243. The van der Waals surface area contributed by atoms with E-state index in [0.29, 0.717) is 18.4 Å². The molecule has 0 atom stereocenters. The van der Waals surface area contributed by atoms with Crippen molar-refractivity contribution in [2.75, 3.05) is 5.32 Å². The van der Waals surface area contributed by atoms with Crippen LogP contribution in [0.15, 0.2) is 72.0 Å². The van der Waals surface area contributed by atoms with Crippen LogP contribution in [-0.2, 0) is 6.54 Å². The lowest BCUT2D eigenvalue weighted by Gasteiger charge is -2.10. The molecule has 0 aliphatic rings. The lowest BCUT2D eigenvalue weighted by atomic mass is 10.0. The smallest absolute Gasteiger partial charge is 0.193 e. The fourth-order valence-corrected chi connectivity index (χ4v) is 2.56. The summed E-state index contributed by atoms with van der Waals surface area (Å²) in [4.78, 5) is 4.44. The van der Waals surface area contributed by atoms with E-state index in [1.807, 2.05) is 47.3 Å². The third-order valence-corrected chi connectivity index (χ3v) is 3.94. The van der Waals surface area contributed by atoms with Gasteiger partial charge in [-0.05, 0) is 47.4 Å². The quantitative estimate of drug-likeness (QED) is 0.333. The Kier molecular flexibility index (Phi) is 7.20. The maximum Gasteiger partial charge on any atom is 0.193 e. The minimum absolute atomic E-state index is 0. The van der Waals surface area contributed by atoms with Gasteiger partial charge in [0.15, 0.2) is 5.96 Å². The van der Waals surface area contributed by atoms with Crippen LogP contribution in [0.3, 0.4) is 0 Å². The summed E-state index contributed by atoms with van der Waals surface area (Å²) in [6.07, 6.45) is 3.68. The van der Waals surface area contributed by atoms with E-state index in [4.69, 9.17) is 5.73 Å². The van der Waals surface area contributed by atoms with Crippen molar-refractivity contribution in [1.82, 2.24) is 9.78 Å². The minimum Gasteiger partial charge on any atom is -0.370 e. The molecule has 0 spiro atoms. The first-order valence-corrected chi connectivity index (χ1v) is 8.37. The van der Waals surface area contributed by atoms with Crippen molar-refractivity contribution in [3.8, 4) is 5.69 Å². The number of rotatable bonds is 5. The maximum atomic E-state index is 6.03. The first-order chi connectivity index (χ1) is 12.1. The van der Waals surface area contributed by atoms with Gasteiger partial charge in [-0.15, -0.1) is 24.0 Å². The minimum atomic E-state index is 0. The standard InChI is InChI=1S/C20H23N5.HI/c1-15(2)17-7-4-8-18(13-17)24-20(21)22-14-16-6-3-9-19(12-16)25-11-5-10-23-25;/h3-13,15H,14H2,1-2H3,(H3,21,22,24);1H. The predicted octanol–water partition coefficient (Wildman–Crippen LogP) is 4.54. The Morgan fingerprint density at radius 1 is 1.15 bits per heavy atom. The van der Waals surface area contributed by atoms with Crippen LogP contribution in [0.25, 0.3) is 5.69 Å². The highest BCUT2D eigenvalue weighted by Crippen LogP contribution is 2.18. The van der Waals surface area contributed by atoms with Gasteiger partial charge < -0.3 is 11.1 Å². The molecule has 0 radical (unpaired) electrons. The summed E-state index contributed by atoms with van der Waals surface area (Å²) in [5, 5.41) is 7.40. The summed E-state index contributed by atoms with van der Waals surface area (Å²) >= 11 is 0. The molecule has 3 N–H and O–H groups in total. The first kappa shape index (κ1) is 20.0. The molecule has 3 aromatic rings. The molecular weight excluding hydrogens is 437 g/mol. The Bertz CT molecular complexity index is 856. The SMILES string of the molecule is CC(C)c1cccc(NC(N)=NCc2cccc(-n3cccn3)c2)c1.I. The molecular formula is C20H24IN5. The number of hydrogen-bond acceptors (Lipinski definition) is 2. The van der Waals surface area contributed by atoms with E-state index in [2.05, 4.69) is 47.5 Å².